The Kier molecular flexibility index (Phi) is 5.97. The number of hydrogen-bond donors (Lipinski definition) is 1. The first-order chi connectivity index (χ1) is 15.4. The molecule has 1 fully saturated rings. The zero-order valence-corrected chi connectivity index (χ0v) is 19.1. The summed E-state index contributed by atoms with van der Waals surface area (Å²) in [5, 5.41) is 2.88. The third kappa shape index (κ3) is 4.10. The number of thiazole rings is 1. The second-order valence-corrected chi connectivity index (χ2v) is 9.00. The molecule has 2 amide bonds. The van der Waals surface area contributed by atoms with Gasteiger partial charge in [-0.3, -0.25) is 9.59 Å². The predicted molar refractivity (Wildman–Crippen MR) is 122 cm³/mol. The molecule has 3 aromatic rings. The number of benzene rings is 2. The second kappa shape index (κ2) is 8.70. The molecular formula is C24H25N3O4S. The van der Waals surface area contributed by atoms with Crippen LogP contribution in [0.5, 0.6) is 0 Å². The zero-order chi connectivity index (χ0) is 22.9. The lowest BCUT2D eigenvalue weighted by molar-refractivity contribution is -0.146. The van der Waals surface area contributed by atoms with Crippen molar-refractivity contribution in [1.82, 2.24) is 9.88 Å². The number of rotatable bonds is 6. The lowest BCUT2D eigenvalue weighted by Crippen LogP contribution is -2.47. The number of hydrogen-bond acceptors (Lipinski definition) is 5. The molecule has 1 aliphatic rings. The molecule has 0 saturated heterocycles. The molecule has 1 atom stereocenters. The highest BCUT2D eigenvalue weighted by Gasteiger charge is 2.53. The summed E-state index contributed by atoms with van der Waals surface area (Å²) in [5.41, 5.74) is 1.42. The summed E-state index contributed by atoms with van der Waals surface area (Å²) in [4.78, 5) is 43.1. The molecule has 4 rings (SSSR count). The number of fused-ring (bicyclic) bond motifs is 1. The monoisotopic (exact) mass is 451 g/mol. The minimum Gasteiger partial charge on any atom is -0.467 e. The molecule has 1 N–H and O–H groups in total. The molecule has 7 nitrogen and oxygen atoms in total. The number of nitrogens with one attached hydrogen (secondary N) is 1. The number of aromatic nitrogens is 1. The maximum absolute atomic E-state index is 13.3. The molecule has 1 saturated carbocycles. The Morgan fingerprint density at radius 1 is 1.16 bits per heavy atom. The molecule has 32 heavy (non-hydrogen) atoms. The van der Waals surface area contributed by atoms with E-state index in [9.17, 15) is 14.4 Å². The molecule has 1 unspecified atom stereocenters. The average Bonchev–Trinajstić information content (AvgIpc) is 3.49. The Labute approximate surface area is 189 Å². The van der Waals surface area contributed by atoms with Crippen molar-refractivity contribution < 1.29 is 19.1 Å². The maximum Gasteiger partial charge on any atom is 0.331 e. The van der Waals surface area contributed by atoms with Crippen LogP contribution in [-0.2, 0) is 14.3 Å². The van der Waals surface area contributed by atoms with Gasteiger partial charge in [0.25, 0.3) is 5.91 Å². The van der Waals surface area contributed by atoms with Crippen LogP contribution in [0.3, 0.4) is 0 Å². The van der Waals surface area contributed by atoms with Gasteiger partial charge in [-0.15, -0.1) is 0 Å². The first-order valence-electron chi connectivity index (χ1n) is 10.5. The number of ether oxygens (including phenoxy) is 1. The van der Waals surface area contributed by atoms with Crippen LogP contribution >= 0.6 is 11.3 Å². The molecule has 0 bridgehead atoms. The van der Waals surface area contributed by atoms with Gasteiger partial charge >= 0.3 is 5.97 Å². The van der Waals surface area contributed by atoms with Crippen LogP contribution in [0.2, 0.25) is 0 Å². The van der Waals surface area contributed by atoms with E-state index in [1.54, 1.807) is 16.7 Å². The fourth-order valence-corrected chi connectivity index (χ4v) is 4.79. The molecular weight excluding hydrogens is 426 g/mol. The lowest BCUT2D eigenvalue weighted by atomic mass is 10.1. The number of amides is 2. The first kappa shape index (κ1) is 22.0. The molecule has 166 valence electrons. The number of nitrogens with zero attached hydrogens (tertiary/aromatic N) is 2. The Hall–Kier alpha value is -3.26. The van der Waals surface area contributed by atoms with Gasteiger partial charge in [0.1, 0.15) is 11.6 Å². The predicted octanol–water partition coefficient (Wildman–Crippen LogP) is 3.53. The van der Waals surface area contributed by atoms with Gasteiger partial charge in [0.05, 0.1) is 17.3 Å². The number of methoxy groups -OCH3 is 1. The van der Waals surface area contributed by atoms with E-state index in [4.69, 9.17) is 4.74 Å². The van der Waals surface area contributed by atoms with Gasteiger partial charge in [0, 0.05) is 5.56 Å². The second-order valence-electron chi connectivity index (χ2n) is 7.99. The van der Waals surface area contributed by atoms with Crippen LogP contribution in [0.15, 0.2) is 53.5 Å². The van der Waals surface area contributed by atoms with Crippen molar-refractivity contribution in [2.24, 2.45) is 4.99 Å². The van der Waals surface area contributed by atoms with Gasteiger partial charge in [0.15, 0.2) is 4.80 Å². The quantitative estimate of drug-likeness (QED) is 0.581. The Balaban J connectivity index is 1.76. The Morgan fingerprint density at radius 3 is 2.47 bits per heavy atom. The molecule has 8 heteroatoms. The first-order valence-corrected chi connectivity index (χ1v) is 11.4. The van der Waals surface area contributed by atoms with Crippen molar-refractivity contribution in [1.29, 1.82) is 0 Å². The normalized spacial score (nSPS) is 15.9. The fourth-order valence-electron chi connectivity index (χ4n) is 3.72. The molecule has 1 heterocycles. The highest BCUT2D eigenvalue weighted by molar-refractivity contribution is 7.16. The van der Waals surface area contributed by atoms with Crippen LogP contribution in [0.1, 0.15) is 48.1 Å². The molecule has 0 aliphatic heterocycles. The van der Waals surface area contributed by atoms with Crippen molar-refractivity contribution in [2.75, 3.05) is 7.11 Å². The summed E-state index contributed by atoms with van der Waals surface area (Å²) in [6.45, 7) is 3.85. The topological polar surface area (TPSA) is 89.8 Å². The molecule has 2 aromatic carbocycles. The summed E-state index contributed by atoms with van der Waals surface area (Å²) in [6.07, 6.45) is 1.58. The van der Waals surface area contributed by atoms with Crippen molar-refractivity contribution in [3.8, 4) is 0 Å². The maximum atomic E-state index is 13.3. The third-order valence-electron chi connectivity index (χ3n) is 5.72. The number of carbonyl (C=O) groups is 3. The van der Waals surface area contributed by atoms with Crippen LogP contribution in [0.4, 0.5) is 0 Å². The zero-order valence-electron chi connectivity index (χ0n) is 18.3. The van der Waals surface area contributed by atoms with Gasteiger partial charge < -0.3 is 14.6 Å². The van der Waals surface area contributed by atoms with Crippen molar-refractivity contribution in [3.05, 3.63) is 64.5 Å². The van der Waals surface area contributed by atoms with E-state index in [0.29, 0.717) is 29.6 Å². The fraction of sp³-hybridized carbons (Fsp3) is 0.333. The van der Waals surface area contributed by atoms with Crippen LogP contribution < -0.4 is 10.1 Å². The number of esters is 1. The van der Waals surface area contributed by atoms with E-state index in [-0.39, 0.29) is 11.8 Å². The summed E-state index contributed by atoms with van der Waals surface area (Å²) < 4.78 is 7.58. The minimum absolute atomic E-state index is 0.289. The van der Waals surface area contributed by atoms with E-state index in [1.165, 1.54) is 18.4 Å². The molecule has 0 spiro atoms. The average molecular weight is 452 g/mol. The van der Waals surface area contributed by atoms with Crippen LogP contribution in [0, 0.1) is 6.92 Å². The Bertz CT molecular complexity index is 1250. The van der Waals surface area contributed by atoms with E-state index in [2.05, 4.69) is 10.3 Å². The molecule has 1 aliphatic carbocycles. The van der Waals surface area contributed by atoms with Crippen molar-refractivity contribution in [2.45, 2.75) is 44.7 Å². The third-order valence-corrected chi connectivity index (χ3v) is 6.75. The van der Waals surface area contributed by atoms with Gasteiger partial charge in [-0.05, 0) is 50.5 Å². The van der Waals surface area contributed by atoms with E-state index >= 15 is 0 Å². The van der Waals surface area contributed by atoms with Gasteiger partial charge in [-0.2, -0.15) is 4.99 Å². The van der Waals surface area contributed by atoms with Crippen molar-refractivity contribution in [3.63, 3.8) is 0 Å². The smallest absolute Gasteiger partial charge is 0.331 e. The highest BCUT2D eigenvalue weighted by Crippen LogP contribution is 2.37. The van der Waals surface area contributed by atoms with Crippen LogP contribution in [0.25, 0.3) is 10.2 Å². The van der Waals surface area contributed by atoms with Gasteiger partial charge in [-0.1, -0.05) is 48.1 Å². The highest BCUT2D eigenvalue weighted by atomic mass is 32.1. The minimum atomic E-state index is -0.944. The largest absolute Gasteiger partial charge is 0.467 e. The standard InChI is InChI=1S/C24H25N3O4S/c1-4-17(21(29)26-24(13-14-24)22(30)31-3)27-18-7-5-6-8-19(18)32-23(27)25-20(28)16-11-9-15(2)10-12-16/h5-12,17H,4,13-14H2,1-3H3,(H,26,29). The summed E-state index contributed by atoms with van der Waals surface area (Å²) >= 11 is 1.36. The molecule has 0 radical (unpaired) electrons. The van der Waals surface area contributed by atoms with E-state index < -0.39 is 17.6 Å². The summed E-state index contributed by atoms with van der Waals surface area (Å²) in [5.74, 6) is -1.09. The summed E-state index contributed by atoms with van der Waals surface area (Å²) in [7, 11) is 1.32. The van der Waals surface area contributed by atoms with Gasteiger partial charge in [0.2, 0.25) is 5.91 Å². The van der Waals surface area contributed by atoms with Gasteiger partial charge in [-0.25, -0.2) is 4.79 Å². The lowest BCUT2D eigenvalue weighted by Gasteiger charge is -2.21. The Morgan fingerprint density at radius 2 is 1.84 bits per heavy atom. The number of aryl methyl sites for hydroxylation is 1. The summed E-state index contributed by atoms with van der Waals surface area (Å²) in [6, 6.07) is 14.2. The van der Waals surface area contributed by atoms with E-state index in [1.807, 2.05) is 50.2 Å². The number of para-hydroxylation sites is 1. The SMILES string of the molecule is CCC(C(=O)NC1(C(=O)OC)CC1)n1c(=NC(=O)c2ccc(C)cc2)sc2ccccc21. The molecule has 1 aromatic heterocycles. The number of carbonyl (C=O) groups excluding carboxylic acids is 3. The van der Waals surface area contributed by atoms with E-state index in [0.717, 1.165) is 15.8 Å². The van der Waals surface area contributed by atoms with Crippen molar-refractivity contribution >= 4 is 39.3 Å². The van der Waals surface area contributed by atoms with Crippen LogP contribution in [-0.4, -0.2) is 35.0 Å².